The summed E-state index contributed by atoms with van der Waals surface area (Å²) in [7, 11) is 0. The molecule has 0 aliphatic carbocycles. The Hall–Kier alpha value is -2.25. The molecule has 134 valence electrons. The quantitative estimate of drug-likeness (QED) is 0.845. The summed E-state index contributed by atoms with van der Waals surface area (Å²) in [6.07, 6.45) is 3.70. The summed E-state index contributed by atoms with van der Waals surface area (Å²) in [6, 6.07) is 7.91. The van der Waals surface area contributed by atoms with Gasteiger partial charge < -0.3 is 15.1 Å². The lowest BCUT2D eigenvalue weighted by molar-refractivity contribution is 0.000532. The largest absolute Gasteiger partial charge is 0.396 e. The van der Waals surface area contributed by atoms with E-state index in [0.29, 0.717) is 31.6 Å². The van der Waals surface area contributed by atoms with E-state index in [2.05, 4.69) is 17.2 Å². The molecule has 0 bridgehead atoms. The van der Waals surface area contributed by atoms with E-state index >= 15 is 0 Å². The van der Waals surface area contributed by atoms with Crippen LogP contribution in [-0.4, -0.2) is 62.3 Å². The van der Waals surface area contributed by atoms with Gasteiger partial charge in [0.1, 0.15) is 0 Å². The number of carbonyl (C=O) groups is 1. The summed E-state index contributed by atoms with van der Waals surface area (Å²) in [4.78, 5) is 14.4. The van der Waals surface area contributed by atoms with Gasteiger partial charge in [0.2, 0.25) is 0 Å². The second-order valence-electron chi connectivity index (χ2n) is 6.64. The molecular formula is C18H24N4O3. The molecule has 2 aromatic rings. The van der Waals surface area contributed by atoms with Crippen molar-refractivity contribution in [1.82, 2.24) is 19.9 Å². The summed E-state index contributed by atoms with van der Waals surface area (Å²) < 4.78 is 1.64. The average Bonchev–Trinajstić information content (AvgIpc) is 3.17. The summed E-state index contributed by atoms with van der Waals surface area (Å²) in [5.41, 5.74) is 1.90. The van der Waals surface area contributed by atoms with Crippen LogP contribution < -0.4 is 0 Å². The molecular weight excluding hydrogens is 320 g/mol. The normalized spacial score (nSPS) is 16.8. The van der Waals surface area contributed by atoms with Crippen LogP contribution in [0.15, 0.2) is 30.5 Å². The van der Waals surface area contributed by atoms with Gasteiger partial charge >= 0.3 is 0 Å². The van der Waals surface area contributed by atoms with E-state index in [4.69, 9.17) is 0 Å². The number of hydrogen-bond donors (Lipinski definition) is 2. The van der Waals surface area contributed by atoms with E-state index < -0.39 is 5.41 Å². The van der Waals surface area contributed by atoms with Gasteiger partial charge in [-0.05, 0) is 30.9 Å². The number of aliphatic hydroxyl groups excluding tert-OH is 2. The third kappa shape index (κ3) is 3.43. The lowest BCUT2D eigenvalue weighted by Gasteiger charge is -2.39. The van der Waals surface area contributed by atoms with Crippen LogP contribution in [0.1, 0.15) is 35.8 Å². The highest BCUT2D eigenvalue weighted by Crippen LogP contribution is 2.30. The van der Waals surface area contributed by atoms with Gasteiger partial charge in [0, 0.05) is 18.5 Å². The van der Waals surface area contributed by atoms with Crippen molar-refractivity contribution in [2.45, 2.75) is 26.2 Å². The highest BCUT2D eigenvalue weighted by atomic mass is 16.3. The van der Waals surface area contributed by atoms with Crippen LogP contribution >= 0.6 is 0 Å². The lowest BCUT2D eigenvalue weighted by Crippen LogP contribution is -2.46. The Bertz CT molecular complexity index is 729. The second kappa shape index (κ2) is 7.33. The monoisotopic (exact) mass is 344 g/mol. The third-order valence-electron chi connectivity index (χ3n) is 5.11. The number of rotatable bonds is 5. The predicted molar refractivity (Wildman–Crippen MR) is 92.5 cm³/mol. The van der Waals surface area contributed by atoms with Crippen LogP contribution in [-0.2, 0) is 6.42 Å². The summed E-state index contributed by atoms with van der Waals surface area (Å²) in [5.74, 6) is -0.162. The van der Waals surface area contributed by atoms with E-state index in [1.165, 1.54) is 0 Å². The molecule has 0 spiro atoms. The van der Waals surface area contributed by atoms with Crippen molar-refractivity contribution in [2.75, 3.05) is 26.3 Å². The average molecular weight is 344 g/mol. The fourth-order valence-electron chi connectivity index (χ4n) is 3.23. The minimum atomic E-state index is -0.478. The Morgan fingerprint density at radius 1 is 1.20 bits per heavy atom. The fraction of sp³-hybridized carbons (Fsp3) is 0.500. The lowest BCUT2D eigenvalue weighted by atomic mass is 9.80. The molecule has 1 aromatic carbocycles. The molecule has 1 amide bonds. The highest BCUT2D eigenvalue weighted by Gasteiger charge is 2.35. The van der Waals surface area contributed by atoms with Gasteiger partial charge in [-0.1, -0.05) is 30.3 Å². The number of nitrogens with zero attached hydrogens (tertiary/aromatic N) is 4. The second-order valence-corrected chi connectivity index (χ2v) is 6.64. The molecule has 3 rings (SSSR count). The topological polar surface area (TPSA) is 91.5 Å². The van der Waals surface area contributed by atoms with E-state index in [-0.39, 0.29) is 19.1 Å². The SMILES string of the molecule is CCc1ccccc1-n1cc(C(=O)N2CCC(CO)(CO)CC2)nn1. The van der Waals surface area contributed by atoms with Crippen LogP contribution in [0, 0.1) is 5.41 Å². The van der Waals surface area contributed by atoms with Crippen molar-refractivity contribution >= 4 is 5.91 Å². The molecule has 1 saturated heterocycles. The van der Waals surface area contributed by atoms with Crippen LogP contribution in [0.3, 0.4) is 0 Å². The van der Waals surface area contributed by atoms with Gasteiger partial charge in [0.05, 0.1) is 25.1 Å². The molecule has 2 N–H and O–H groups in total. The Morgan fingerprint density at radius 3 is 2.52 bits per heavy atom. The van der Waals surface area contributed by atoms with Gasteiger partial charge in [-0.15, -0.1) is 5.10 Å². The molecule has 7 nitrogen and oxygen atoms in total. The van der Waals surface area contributed by atoms with E-state index in [0.717, 1.165) is 17.7 Å². The van der Waals surface area contributed by atoms with Crippen LogP contribution in [0.2, 0.25) is 0 Å². The number of aliphatic hydroxyl groups is 2. The Balaban J connectivity index is 1.74. The molecule has 1 aliphatic rings. The predicted octanol–water partition coefficient (Wildman–Crippen LogP) is 1.04. The molecule has 1 aliphatic heterocycles. The number of hydrogen-bond acceptors (Lipinski definition) is 5. The molecule has 0 unspecified atom stereocenters. The standard InChI is InChI=1S/C18H24N4O3/c1-2-14-5-3-4-6-16(14)22-11-15(19-20-22)17(25)21-9-7-18(12-23,13-24)8-10-21/h3-6,11,23-24H,2,7-10,12-13H2,1H3. The third-order valence-corrected chi connectivity index (χ3v) is 5.11. The number of aryl methyl sites for hydroxylation is 1. The zero-order valence-electron chi connectivity index (χ0n) is 14.4. The maximum absolute atomic E-state index is 12.7. The minimum Gasteiger partial charge on any atom is -0.396 e. The first-order valence-corrected chi connectivity index (χ1v) is 8.64. The van der Waals surface area contributed by atoms with Gasteiger partial charge in [0.25, 0.3) is 5.91 Å². The number of benzene rings is 1. The van der Waals surface area contributed by atoms with E-state index in [9.17, 15) is 15.0 Å². The van der Waals surface area contributed by atoms with Crippen LogP contribution in [0.25, 0.3) is 5.69 Å². The molecule has 25 heavy (non-hydrogen) atoms. The Kier molecular flexibility index (Phi) is 5.15. The van der Waals surface area contributed by atoms with Crippen LogP contribution in [0.5, 0.6) is 0 Å². The number of carbonyl (C=O) groups excluding carboxylic acids is 1. The van der Waals surface area contributed by atoms with Gasteiger partial charge in [-0.25, -0.2) is 4.68 Å². The highest BCUT2D eigenvalue weighted by molar-refractivity contribution is 5.92. The van der Waals surface area contributed by atoms with Crippen LogP contribution in [0.4, 0.5) is 0 Å². The molecule has 2 heterocycles. The molecule has 0 radical (unpaired) electrons. The molecule has 0 saturated carbocycles. The van der Waals surface area contributed by atoms with Crippen molar-refractivity contribution in [1.29, 1.82) is 0 Å². The van der Waals surface area contributed by atoms with E-state index in [1.807, 2.05) is 24.3 Å². The first-order valence-electron chi connectivity index (χ1n) is 8.64. The molecule has 7 heteroatoms. The number of para-hydroxylation sites is 1. The summed E-state index contributed by atoms with van der Waals surface area (Å²) in [5, 5.41) is 27.1. The number of piperidine rings is 1. The Labute approximate surface area is 146 Å². The smallest absolute Gasteiger partial charge is 0.276 e. The number of amides is 1. The summed E-state index contributed by atoms with van der Waals surface area (Å²) >= 11 is 0. The zero-order valence-corrected chi connectivity index (χ0v) is 14.4. The number of likely N-dealkylation sites (tertiary alicyclic amines) is 1. The fourth-order valence-corrected chi connectivity index (χ4v) is 3.23. The van der Waals surface area contributed by atoms with Crippen molar-refractivity contribution in [3.63, 3.8) is 0 Å². The van der Waals surface area contributed by atoms with Crippen molar-refractivity contribution in [2.24, 2.45) is 5.41 Å². The van der Waals surface area contributed by atoms with Crippen molar-refractivity contribution in [3.05, 3.63) is 41.7 Å². The first-order chi connectivity index (χ1) is 12.1. The Morgan fingerprint density at radius 2 is 1.88 bits per heavy atom. The van der Waals surface area contributed by atoms with E-state index in [1.54, 1.807) is 15.8 Å². The molecule has 0 atom stereocenters. The van der Waals surface area contributed by atoms with Gasteiger partial charge in [0.15, 0.2) is 5.69 Å². The molecule has 1 fully saturated rings. The first kappa shape index (κ1) is 17.6. The van der Waals surface area contributed by atoms with Gasteiger partial charge in [-0.3, -0.25) is 4.79 Å². The maximum atomic E-state index is 12.7. The minimum absolute atomic E-state index is 0.0600. The molecule has 1 aromatic heterocycles. The van der Waals surface area contributed by atoms with Crippen molar-refractivity contribution < 1.29 is 15.0 Å². The maximum Gasteiger partial charge on any atom is 0.276 e. The van der Waals surface area contributed by atoms with Crippen molar-refractivity contribution in [3.8, 4) is 5.69 Å². The number of aromatic nitrogens is 3. The van der Waals surface area contributed by atoms with Gasteiger partial charge in [-0.2, -0.15) is 0 Å². The summed E-state index contributed by atoms with van der Waals surface area (Å²) in [6.45, 7) is 2.95. The zero-order chi connectivity index (χ0) is 17.9.